The molecule has 2 rings (SSSR count). The molecule has 1 heterocycles. The molecule has 1 atom stereocenters. The van der Waals surface area contributed by atoms with Crippen molar-refractivity contribution in [2.75, 3.05) is 6.61 Å². The number of benzene rings is 1. The molecule has 2 aromatic rings. The zero-order valence-electron chi connectivity index (χ0n) is 12.6. The Morgan fingerprint density at radius 2 is 2.05 bits per heavy atom. The van der Waals surface area contributed by atoms with Gasteiger partial charge in [-0.2, -0.15) is 5.10 Å². The van der Waals surface area contributed by atoms with Gasteiger partial charge in [0.2, 0.25) is 0 Å². The molecular formula is C15H21ClN4O. The number of hydrazine groups is 1. The molecule has 5 nitrogen and oxygen atoms in total. The molecule has 1 aromatic heterocycles. The molecule has 0 aliphatic carbocycles. The minimum atomic E-state index is -0.0343. The van der Waals surface area contributed by atoms with Crippen molar-refractivity contribution in [1.82, 2.24) is 15.2 Å². The molecule has 1 aromatic carbocycles. The average Bonchev–Trinajstić information content (AvgIpc) is 2.72. The Hall–Kier alpha value is -1.56. The highest BCUT2D eigenvalue weighted by Gasteiger charge is 2.17. The number of hydrogen-bond donors (Lipinski definition) is 2. The van der Waals surface area contributed by atoms with Crippen LogP contribution in [0.15, 0.2) is 24.3 Å². The van der Waals surface area contributed by atoms with E-state index < -0.39 is 0 Å². The molecule has 1 unspecified atom stereocenters. The van der Waals surface area contributed by atoms with Gasteiger partial charge in [-0.1, -0.05) is 23.7 Å². The Morgan fingerprint density at radius 3 is 2.52 bits per heavy atom. The van der Waals surface area contributed by atoms with E-state index in [0.717, 1.165) is 22.7 Å². The van der Waals surface area contributed by atoms with Gasteiger partial charge >= 0.3 is 0 Å². The molecule has 3 N–H and O–H groups in total. The van der Waals surface area contributed by atoms with Crippen molar-refractivity contribution >= 4 is 11.6 Å². The SMILES string of the molecule is CCOc1ccc(C(Cc2c(Cl)c(C)nn2C)NN)cc1. The Labute approximate surface area is 130 Å². The number of nitrogens with zero attached hydrogens (tertiary/aromatic N) is 2. The van der Waals surface area contributed by atoms with Gasteiger partial charge in [0.05, 0.1) is 29.1 Å². The minimum absolute atomic E-state index is 0.0343. The fourth-order valence-electron chi connectivity index (χ4n) is 2.33. The second-order valence-electron chi connectivity index (χ2n) is 4.90. The van der Waals surface area contributed by atoms with Crippen LogP contribution in [0.5, 0.6) is 5.75 Å². The lowest BCUT2D eigenvalue weighted by atomic mass is 10.0. The standard InChI is InChI=1S/C15H21ClN4O/c1-4-21-12-7-5-11(6-8-12)13(18-17)9-14-15(16)10(2)19-20(14)3/h5-8,13,18H,4,9,17H2,1-3H3. The molecule has 0 radical (unpaired) electrons. The lowest BCUT2D eigenvalue weighted by Crippen LogP contribution is -2.30. The predicted octanol–water partition coefficient (Wildman–Crippen LogP) is 2.53. The summed E-state index contributed by atoms with van der Waals surface area (Å²) in [6.07, 6.45) is 0.667. The second kappa shape index (κ2) is 6.93. The maximum Gasteiger partial charge on any atom is 0.119 e. The smallest absolute Gasteiger partial charge is 0.119 e. The summed E-state index contributed by atoms with van der Waals surface area (Å²) in [5.74, 6) is 6.56. The summed E-state index contributed by atoms with van der Waals surface area (Å²) < 4.78 is 7.25. The highest BCUT2D eigenvalue weighted by molar-refractivity contribution is 6.31. The van der Waals surface area contributed by atoms with Crippen LogP contribution >= 0.6 is 11.6 Å². The van der Waals surface area contributed by atoms with Crippen molar-refractivity contribution in [1.29, 1.82) is 0 Å². The fourth-order valence-corrected chi connectivity index (χ4v) is 2.57. The van der Waals surface area contributed by atoms with Crippen molar-refractivity contribution in [2.24, 2.45) is 12.9 Å². The molecule has 0 spiro atoms. The Kier molecular flexibility index (Phi) is 5.22. The van der Waals surface area contributed by atoms with Crippen LogP contribution in [0.25, 0.3) is 0 Å². The van der Waals surface area contributed by atoms with Gasteiger partial charge in [0, 0.05) is 13.5 Å². The Bertz CT molecular complexity index is 594. The van der Waals surface area contributed by atoms with Crippen LogP contribution < -0.4 is 16.0 Å². The third-order valence-electron chi connectivity index (χ3n) is 3.45. The van der Waals surface area contributed by atoms with Gasteiger partial charge in [-0.15, -0.1) is 0 Å². The quantitative estimate of drug-likeness (QED) is 0.636. The Balaban J connectivity index is 2.19. The van der Waals surface area contributed by atoms with E-state index >= 15 is 0 Å². The third-order valence-corrected chi connectivity index (χ3v) is 3.95. The molecule has 0 aliphatic rings. The highest BCUT2D eigenvalue weighted by Crippen LogP contribution is 2.26. The summed E-state index contributed by atoms with van der Waals surface area (Å²) in [6.45, 7) is 4.51. The first-order valence-electron chi connectivity index (χ1n) is 6.93. The van der Waals surface area contributed by atoms with E-state index in [2.05, 4.69) is 10.5 Å². The summed E-state index contributed by atoms with van der Waals surface area (Å²) >= 11 is 6.30. The topological polar surface area (TPSA) is 65.1 Å². The van der Waals surface area contributed by atoms with Crippen molar-refractivity contribution < 1.29 is 4.74 Å². The number of ether oxygens (including phenoxy) is 1. The number of hydrogen-bond acceptors (Lipinski definition) is 4. The van der Waals surface area contributed by atoms with Crippen LogP contribution in [0.2, 0.25) is 5.02 Å². The maximum absolute atomic E-state index is 6.30. The van der Waals surface area contributed by atoms with Crippen LogP contribution in [-0.4, -0.2) is 16.4 Å². The summed E-state index contributed by atoms with van der Waals surface area (Å²) in [5, 5.41) is 5.02. The lowest BCUT2D eigenvalue weighted by Gasteiger charge is -2.17. The second-order valence-corrected chi connectivity index (χ2v) is 5.27. The average molecular weight is 309 g/mol. The Morgan fingerprint density at radius 1 is 1.38 bits per heavy atom. The van der Waals surface area contributed by atoms with Crippen molar-refractivity contribution in [3.05, 3.63) is 46.2 Å². The van der Waals surface area contributed by atoms with E-state index in [4.69, 9.17) is 22.2 Å². The van der Waals surface area contributed by atoms with Crippen molar-refractivity contribution in [3.63, 3.8) is 0 Å². The van der Waals surface area contributed by atoms with Crippen LogP contribution in [0.1, 0.15) is 29.9 Å². The summed E-state index contributed by atoms with van der Waals surface area (Å²) in [5.41, 5.74) is 5.72. The molecule has 0 saturated heterocycles. The van der Waals surface area contributed by atoms with Gasteiger partial charge in [-0.25, -0.2) is 0 Å². The first-order valence-corrected chi connectivity index (χ1v) is 7.31. The number of nitrogens with two attached hydrogens (primary N) is 1. The zero-order chi connectivity index (χ0) is 15.4. The summed E-state index contributed by atoms with van der Waals surface area (Å²) in [7, 11) is 1.89. The number of nitrogens with one attached hydrogen (secondary N) is 1. The van der Waals surface area contributed by atoms with Crippen molar-refractivity contribution in [2.45, 2.75) is 26.3 Å². The normalized spacial score (nSPS) is 12.4. The zero-order valence-corrected chi connectivity index (χ0v) is 13.3. The van der Waals surface area contributed by atoms with Crippen LogP contribution in [-0.2, 0) is 13.5 Å². The minimum Gasteiger partial charge on any atom is -0.494 e. The molecule has 0 aliphatic heterocycles. The van der Waals surface area contributed by atoms with E-state index in [1.807, 2.05) is 45.2 Å². The molecule has 0 saturated carbocycles. The van der Waals surface area contributed by atoms with E-state index in [1.54, 1.807) is 4.68 Å². The lowest BCUT2D eigenvalue weighted by molar-refractivity contribution is 0.340. The molecule has 114 valence electrons. The van der Waals surface area contributed by atoms with Gasteiger partial charge < -0.3 is 4.74 Å². The number of rotatable bonds is 6. The van der Waals surface area contributed by atoms with E-state index in [-0.39, 0.29) is 6.04 Å². The van der Waals surface area contributed by atoms with E-state index in [9.17, 15) is 0 Å². The van der Waals surface area contributed by atoms with Gasteiger partial charge in [-0.3, -0.25) is 16.0 Å². The number of aryl methyl sites for hydroxylation is 2. The van der Waals surface area contributed by atoms with Gasteiger partial charge in [0.1, 0.15) is 5.75 Å². The molecule has 6 heteroatoms. The van der Waals surface area contributed by atoms with Crippen LogP contribution in [0, 0.1) is 6.92 Å². The molecule has 0 fully saturated rings. The summed E-state index contributed by atoms with van der Waals surface area (Å²) in [4.78, 5) is 0. The first kappa shape index (κ1) is 15.8. The number of aromatic nitrogens is 2. The van der Waals surface area contributed by atoms with Gasteiger partial charge in [-0.05, 0) is 31.5 Å². The predicted molar refractivity (Wildman–Crippen MR) is 84.3 cm³/mol. The largest absolute Gasteiger partial charge is 0.494 e. The number of halogens is 1. The van der Waals surface area contributed by atoms with E-state index in [0.29, 0.717) is 18.1 Å². The molecule has 0 bridgehead atoms. The fraction of sp³-hybridized carbons (Fsp3) is 0.400. The summed E-state index contributed by atoms with van der Waals surface area (Å²) in [6, 6.07) is 7.87. The van der Waals surface area contributed by atoms with Crippen LogP contribution in [0.4, 0.5) is 0 Å². The molecule has 0 amide bonds. The monoisotopic (exact) mass is 308 g/mol. The van der Waals surface area contributed by atoms with E-state index in [1.165, 1.54) is 0 Å². The molecule has 21 heavy (non-hydrogen) atoms. The van der Waals surface area contributed by atoms with Crippen LogP contribution in [0.3, 0.4) is 0 Å². The van der Waals surface area contributed by atoms with Gasteiger partial charge in [0.25, 0.3) is 0 Å². The maximum atomic E-state index is 6.30. The van der Waals surface area contributed by atoms with Gasteiger partial charge in [0.15, 0.2) is 0 Å². The first-order chi connectivity index (χ1) is 10.1. The third kappa shape index (κ3) is 3.56. The highest BCUT2D eigenvalue weighted by atomic mass is 35.5. The van der Waals surface area contributed by atoms with Crippen molar-refractivity contribution in [3.8, 4) is 5.75 Å². The molecular weight excluding hydrogens is 288 g/mol.